The van der Waals surface area contributed by atoms with Crippen molar-refractivity contribution >= 4 is 0 Å². The molecule has 0 saturated heterocycles. The minimum Gasteiger partial charge on any atom is -0.392 e. The van der Waals surface area contributed by atoms with Gasteiger partial charge < -0.3 is 5.11 Å². The van der Waals surface area contributed by atoms with Crippen LogP contribution in [0.5, 0.6) is 0 Å². The Labute approximate surface area is 95.3 Å². The van der Waals surface area contributed by atoms with Gasteiger partial charge in [0.25, 0.3) is 0 Å². The molecule has 15 heavy (non-hydrogen) atoms. The van der Waals surface area contributed by atoms with E-state index in [-0.39, 0.29) is 16.9 Å². The molecule has 89 valence electrons. The standard InChI is InChI=1S/C14H27O/c1-13(2,3)10-8-7-9-11(12(10)15)14(4,5)6/h10,12,15H,7-9H2,1-6H3. The first-order valence-electron chi connectivity index (χ1n) is 6.18. The Kier molecular flexibility index (Phi) is 3.55. The summed E-state index contributed by atoms with van der Waals surface area (Å²) in [6.45, 7) is 13.4. The fraction of sp³-hybridized carbons (Fsp3) is 0.929. The van der Waals surface area contributed by atoms with E-state index in [1.54, 1.807) is 0 Å². The maximum absolute atomic E-state index is 10.5. The molecule has 1 aliphatic carbocycles. The summed E-state index contributed by atoms with van der Waals surface area (Å²) in [4.78, 5) is 0. The van der Waals surface area contributed by atoms with Crippen LogP contribution in [0, 0.1) is 22.7 Å². The lowest BCUT2D eigenvalue weighted by Crippen LogP contribution is -2.43. The molecule has 0 aromatic carbocycles. The molecule has 0 amide bonds. The van der Waals surface area contributed by atoms with E-state index in [1.807, 2.05) is 0 Å². The van der Waals surface area contributed by atoms with Gasteiger partial charge in [-0.25, -0.2) is 0 Å². The first-order chi connectivity index (χ1) is 6.64. The van der Waals surface area contributed by atoms with Crippen LogP contribution in [0.4, 0.5) is 0 Å². The fourth-order valence-electron chi connectivity index (χ4n) is 2.79. The predicted molar refractivity (Wildman–Crippen MR) is 65.5 cm³/mol. The zero-order chi connectivity index (χ0) is 11.9. The van der Waals surface area contributed by atoms with E-state index in [4.69, 9.17) is 0 Å². The van der Waals surface area contributed by atoms with E-state index in [0.29, 0.717) is 5.92 Å². The summed E-state index contributed by atoms with van der Waals surface area (Å²) in [7, 11) is 0. The molecule has 0 heterocycles. The third-order valence-corrected chi connectivity index (χ3v) is 3.78. The van der Waals surface area contributed by atoms with Crippen LogP contribution in [0.2, 0.25) is 0 Å². The van der Waals surface area contributed by atoms with Gasteiger partial charge in [0.2, 0.25) is 0 Å². The monoisotopic (exact) mass is 211 g/mol. The molecular weight excluding hydrogens is 184 g/mol. The van der Waals surface area contributed by atoms with Crippen molar-refractivity contribution in [2.45, 2.75) is 66.9 Å². The number of hydrogen-bond donors (Lipinski definition) is 1. The Morgan fingerprint density at radius 2 is 1.60 bits per heavy atom. The van der Waals surface area contributed by atoms with E-state index < -0.39 is 0 Å². The van der Waals surface area contributed by atoms with Crippen LogP contribution in [-0.2, 0) is 0 Å². The highest BCUT2D eigenvalue weighted by molar-refractivity contribution is 5.11. The number of aliphatic hydroxyl groups is 1. The van der Waals surface area contributed by atoms with Gasteiger partial charge in [-0.05, 0) is 29.6 Å². The maximum Gasteiger partial charge on any atom is 0.0641 e. The van der Waals surface area contributed by atoms with Crippen LogP contribution in [0.15, 0.2) is 0 Å². The second-order valence-electron chi connectivity index (χ2n) is 7.08. The Balaban J connectivity index is 2.81. The smallest absolute Gasteiger partial charge is 0.0641 e. The quantitative estimate of drug-likeness (QED) is 0.646. The molecule has 1 heteroatoms. The molecule has 0 aromatic heterocycles. The highest BCUT2D eigenvalue weighted by atomic mass is 16.3. The molecule has 2 unspecified atom stereocenters. The van der Waals surface area contributed by atoms with Gasteiger partial charge in [-0.2, -0.15) is 0 Å². The van der Waals surface area contributed by atoms with Gasteiger partial charge in [0, 0.05) is 5.92 Å². The normalized spacial score (nSPS) is 30.6. The third kappa shape index (κ3) is 2.96. The van der Waals surface area contributed by atoms with Crippen LogP contribution in [0.3, 0.4) is 0 Å². The molecule has 0 spiro atoms. The van der Waals surface area contributed by atoms with Crippen LogP contribution in [-0.4, -0.2) is 11.2 Å². The Hall–Kier alpha value is -0.0400. The van der Waals surface area contributed by atoms with Gasteiger partial charge in [0.1, 0.15) is 0 Å². The van der Waals surface area contributed by atoms with Gasteiger partial charge in [-0.1, -0.05) is 48.0 Å². The first kappa shape index (κ1) is 13.0. The second kappa shape index (κ2) is 4.08. The average Bonchev–Trinajstić information content (AvgIpc) is 1.99. The molecule has 0 aromatic rings. The Morgan fingerprint density at radius 3 is 2.00 bits per heavy atom. The highest BCUT2D eigenvalue weighted by Gasteiger charge is 2.43. The van der Waals surface area contributed by atoms with Crippen LogP contribution < -0.4 is 0 Å². The minimum absolute atomic E-state index is 0.156. The molecule has 1 rings (SSSR count). The van der Waals surface area contributed by atoms with Crippen molar-refractivity contribution in [3.05, 3.63) is 5.92 Å². The third-order valence-electron chi connectivity index (χ3n) is 3.78. The molecule has 1 radical (unpaired) electrons. The topological polar surface area (TPSA) is 20.2 Å². The van der Waals surface area contributed by atoms with Crippen molar-refractivity contribution in [1.29, 1.82) is 0 Å². The lowest BCUT2D eigenvalue weighted by atomic mass is 9.61. The molecular formula is C14H27O. The molecule has 1 nitrogen and oxygen atoms in total. The van der Waals surface area contributed by atoms with Gasteiger partial charge in [0.15, 0.2) is 0 Å². The van der Waals surface area contributed by atoms with Crippen molar-refractivity contribution < 1.29 is 5.11 Å². The molecule has 1 fully saturated rings. The van der Waals surface area contributed by atoms with Gasteiger partial charge in [0.05, 0.1) is 6.10 Å². The lowest BCUT2D eigenvalue weighted by molar-refractivity contribution is 0.00613. The zero-order valence-electron chi connectivity index (χ0n) is 11.2. The van der Waals surface area contributed by atoms with Gasteiger partial charge in [-0.3, -0.25) is 0 Å². The summed E-state index contributed by atoms with van der Waals surface area (Å²) in [5.74, 6) is 1.79. The van der Waals surface area contributed by atoms with Crippen molar-refractivity contribution in [2.75, 3.05) is 0 Å². The summed E-state index contributed by atoms with van der Waals surface area (Å²) >= 11 is 0. The Morgan fingerprint density at radius 1 is 1.07 bits per heavy atom. The van der Waals surface area contributed by atoms with Crippen molar-refractivity contribution in [2.24, 2.45) is 16.7 Å². The molecule has 1 N–H and O–H groups in total. The van der Waals surface area contributed by atoms with E-state index in [9.17, 15) is 5.11 Å². The Bertz CT molecular complexity index is 184. The number of aliphatic hydroxyl groups excluding tert-OH is 1. The zero-order valence-corrected chi connectivity index (χ0v) is 11.2. The highest BCUT2D eigenvalue weighted by Crippen LogP contribution is 2.47. The lowest BCUT2D eigenvalue weighted by Gasteiger charge is -2.46. The molecule has 1 aliphatic rings. The largest absolute Gasteiger partial charge is 0.392 e. The summed E-state index contributed by atoms with van der Waals surface area (Å²) in [5, 5.41) is 10.5. The predicted octanol–water partition coefficient (Wildman–Crippen LogP) is 3.81. The number of rotatable bonds is 0. The molecule has 2 atom stereocenters. The van der Waals surface area contributed by atoms with Crippen LogP contribution in [0.1, 0.15) is 60.8 Å². The fourth-order valence-corrected chi connectivity index (χ4v) is 2.79. The van der Waals surface area contributed by atoms with Crippen molar-refractivity contribution in [1.82, 2.24) is 0 Å². The van der Waals surface area contributed by atoms with E-state index in [0.717, 1.165) is 6.42 Å². The summed E-state index contributed by atoms with van der Waals surface area (Å²) in [5.41, 5.74) is 0.375. The average molecular weight is 211 g/mol. The molecule has 1 saturated carbocycles. The van der Waals surface area contributed by atoms with Crippen LogP contribution >= 0.6 is 0 Å². The van der Waals surface area contributed by atoms with E-state index in [2.05, 4.69) is 41.5 Å². The summed E-state index contributed by atoms with van der Waals surface area (Å²) < 4.78 is 0. The summed E-state index contributed by atoms with van der Waals surface area (Å²) in [6.07, 6.45) is 3.33. The second-order valence-corrected chi connectivity index (χ2v) is 7.08. The van der Waals surface area contributed by atoms with E-state index >= 15 is 0 Å². The molecule has 0 aliphatic heterocycles. The van der Waals surface area contributed by atoms with Crippen LogP contribution in [0.25, 0.3) is 0 Å². The minimum atomic E-state index is -0.196. The maximum atomic E-state index is 10.5. The van der Waals surface area contributed by atoms with Crippen molar-refractivity contribution in [3.63, 3.8) is 0 Å². The summed E-state index contributed by atoms with van der Waals surface area (Å²) in [6, 6.07) is 0. The SMILES string of the molecule is CC(C)(C)[C]1CCCC(C(C)(C)C)C1O. The molecule has 0 bridgehead atoms. The number of hydrogen-bond acceptors (Lipinski definition) is 1. The van der Waals surface area contributed by atoms with Gasteiger partial charge >= 0.3 is 0 Å². The van der Waals surface area contributed by atoms with Gasteiger partial charge in [-0.15, -0.1) is 0 Å². The van der Waals surface area contributed by atoms with E-state index in [1.165, 1.54) is 18.8 Å². The first-order valence-corrected chi connectivity index (χ1v) is 6.18. The van der Waals surface area contributed by atoms with Crippen molar-refractivity contribution in [3.8, 4) is 0 Å².